The van der Waals surface area contributed by atoms with Crippen molar-refractivity contribution < 1.29 is 14.4 Å². The minimum atomic E-state index is -0.522. The third-order valence-corrected chi connectivity index (χ3v) is 1.06. The molecule has 0 atom stereocenters. The molecule has 1 rings (SSSR count). The zero-order valence-corrected chi connectivity index (χ0v) is 5.50. The highest BCUT2D eigenvalue weighted by molar-refractivity contribution is 5.94. The smallest absolute Gasteiger partial charge is 0.209 e. The quantitative estimate of drug-likeness (QED) is 0.596. The fourth-order valence-electron chi connectivity index (χ4n) is 0.579. The second-order valence-corrected chi connectivity index (χ2v) is 1.90. The number of carbonyl (C=O) groups excluding carboxylic acids is 1. The zero-order chi connectivity index (χ0) is 7.56. The van der Waals surface area contributed by atoms with Gasteiger partial charge in [0.05, 0.1) is 0 Å². The van der Waals surface area contributed by atoms with Crippen LogP contribution >= 0.6 is 0 Å². The molecule has 0 bridgehead atoms. The van der Waals surface area contributed by atoms with Crippen LogP contribution in [0.3, 0.4) is 0 Å². The van der Waals surface area contributed by atoms with Crippen molar-refractivity contribution in [3.63, 3.8) is 0 Å². The zero-order valence-electron chi connectivity index (χ0n) is 5.50. The maximum atomic E-state index is 10.7. The lowest BCUT2D eigenvalue weighted by atomic mass is 10.3. The Kier molecular flexibility index (Phi) is 1.82. The Morgan fingerprint density at radius 3 is 3.00 bits per heavy atom. The third kappa shape index (κ3) is 1.22. The van der Waals surface area contributed by atoms with Gasteiger partial charge in [0.2, 0.25) is 5.78 Å². The summed E-state index contributed by atoms with van der Waals surface area (Å²) in [4.78, 5) is 10.7. The Morgan fingerprint density at radius 1 is 1.90 bits per heavy atom. The van der Waals surface area contributed by atoms with Crippen LogP contribution < -0.4 is 0 Å². The maximum Gasteiger partial charge on any atom is 0.209 e. The molecular formula is C6H7NO3. The predicted octanol–water partition coefficient (Wildman–Crippen LogP) is 0.158. The molecule has 4 nitrogen and oxygen atoms in total. The van der Waals surface area contributed by atoms with Crippen LogP contribution in [-0.4, -0.2) is 22.7 Å². The summed E-state index contributed by atoms with van der Waals surface area (Å²) in [6.07, 6.45) is 0. The van der Waals surface area contributed by atoms with Gasteiger partial charge in [-0.15, -0.1) is 0 Å². The summed E-state index contributed by atoms with van der Waals surface area (Å²) in [5, 5.41) is 11.8. The van der Waals surface area contributed by atoms with E-state index in [-0.39, 0.29) is 5.69 Å². The van der Waals surface area contributed by atoms with Crippen LogP contribution in [0.15, 0.2) is 10.6 Å². The van der Waals surface area contributed by atoms with Crippen LogP contribution in [0.2, 0.25) is 0 Å². The number of rotatable bonds is 2. The molecule has 0 aliphatic rings. The molecule has 0 aliphatic heterocycles. The van der Waals surface area contributed by atoms with E-state index in [1.165, 1.54) is 6.07 Å². The molecule has 0 spiro atoms. The molecule has 0 aliphatic carbocycles. The van der Waals surface area contributed by atoms with Crippen LogP contribution in [0.5, 0.6) is 0 Å². The van der Waals surface area contributed by atoms with Crippen molar-refractivity contribution in [2.45, 2.75) is 6.92 Å². The molecule has 10 heavy (non-hydrogen) atoms. The maximum absolute atomic E-state index is 10.7. The first-order valence-corrected chi connectivity index (χ1v) is 2.81. The molecule has 0 radical (unpaired) electrons. The number of carbonyl (C=O) groups is 1. The molecule has 1 heterocycles. The van der Waals surface area contributed by atoms with E-state index < -0.39 is 12.4 Å². The van der Waals surface area contributed by atoms with E-state index in [0.717, 1.165) is 0 Å². The van der Waals surface area contributed by atoms with Gasteiger partial charge in [0.25, 0.3) is 0 Å². The van der Waals surface area contributed by atoms with Gasteiger partial charge in [-0.1, -0.05) is 5.16 Å². The van der Waals surface area contributed by atoms with Crippen LogP contribution in [0.25, 0.3) is 0 Å². The van der Waals surface area contributed by atoms with Crippen molar-refractivity contribution in [3.05, 3.63) is 17.5 Å². The Balaban J connectivity index is 2.85. The van der Waals surface area contributed by atoms with Crippen LogP contribution in [0, 0.1) is 6.92 Å². The van der Waals surface area contributed by atoms with Crippen molar-refractivity contribution in [3.8, 4) is 0 Å². The largest absolute Gasteiger partial charge is 0.388 e. The van der Waals surface area contributed by atoms with Gasteiger partial charge < -0.3 is 9.63 Å². The number of aliphatic hydroxyl groups is 1. The summed E-state index contributed by atoms with van der Waals surface area (Å²) in [7, 11) is 0. The number of Topliss-reactive ketones (excluding diaryl/α,β-unsaturated/α-hetero) is 1. The second kappa shape index (κ2) is 2.62. The molecule has 54 valence electrons. The number of nitrogens with zero attached hydrogens (tertiary/aromatic N) is 1. The number of hydrogen-bond acceptors (Lipinski definition) is 4. The van der Waals surface area contributed by atoms with Crippen molar-refractivity contribution in [1.29, 1.82) is 0 Å². The lowest BCUT2D eigenvalue weighted by molar-refractivity contribution is 0.0894. The van der Waals surface area contributed by atoms with Gasteiger partial charge in [-0.05, 0) is 6.92 Å². The highest BCUT2D eigenvalue weighted by Crippen LogP contribution is 2.01. The fourth-order valence-corrected chi connectivity index (χ4v) is 0.579. The van der Waals surface area contributed by atoms with Crippen molar-refractivity contribution >= 4 is 5.78 Å². The van der Waals surface area contributed by atoms with Crippen molar-refractivity contribution in [2.75, 3.05) is 6.61 Å². The predicted molar refractivity (Wildman–Crippen MR) is 32.7 cm³/mol. The van der Waals surface area contributed by atoms with Gasteiger partial charge in [-0.25, -0.2) is 0 Å². The Hall–Kier alpha value is -1.16. The highest BCUT2D eigenvalue weighted by atomic mass is 16.5. The van der Waals surface area contributed by atoms with Gasteiger partial charge in [0.15, 0.2) is 5.69 Å². The van der Waals surface area contributed by atoms with E-state index in [1.54, 1.807) is 6.92 Å². The molecule has 1 N–H and O–H groups in total. The molecule has 0 unspecified atom stereocenters. The summed E-state index contributed by atoms with van der Waals surface area (Å²) in [5.41, 5.74) is 0.181. The number of aromatic nitrogens is 1. The van der Waals surface area contributed by atoms with E-state index in [1.807, 2.05) is 0 Å². The fraction of sp³-hybridized carbons (Fsp3) is 0.333. The first kappa shape index (κ1) is 6.95. The summed E-state index contributed by atoms with van der Waals surface area (Å²) in [6, 6.07) is 1.48. The van der Waals surface area contributed by atoms with E-state index >= 15 is 0 Å². The monoisotopic (exact) mass is 141 g/mol. The highest BCUT2D eigenvalue weighted by Gasteiger charge is 2.07. The second-order valence-electron chi connectivity index (χ2n) is 1.90. The summed E-state index contributed by atoms with van der Waals surface area (Å²) >= 11 is 0. The SMILES string of the molecule is Cc1cc(C(=O)CO)no1. The van der Waals surface area contributed by atoms with Gasteiger partial charge in [0, 0.05) is 6.07 Å². The van der Waals surface area contributed by atoms with Gasteiger partial charge in [-0.3, -0.25) is 4.79 Å². The van der Waals surface area contributed by atoms with E-state index in [0.29, 0.717) is 5.76 Å². The minimum absolute atomic E-state index is 0.181. The van der Waals surface area contributed by atoms with Gasteiger partial charge >= 0.3 is 0 Å². The number of ketones is 1. The van der Waals surface area contributed by atoms with Crippen LogP contribution in [0.1, 0.15) is 16.2 Å². The number of aryl methyl sites for hydroxylation is 1. The molecule has 0 saturated heterocycles. The topological polar surface area (TPSA) is 63.3 Å². The van der Waals surface area contributed by atoms with E-state index in [4.69, 9.17) is 5.11 Å². The standard InChI is InChI=1S/C6H7NO3/c1-4-2-5(7-10-4)6(9)3-8/h2,8H,3H2,1H3. The Morgan fingerprint density at radius 2 is 2.60 bits per heavy atom. The number of aliphatic hydroxyl groups excluding tert-OH is 1. The van der Waals surface area contributed by atoms with E-state index in [2.05, 4.69) is 9.68 Å². The summed E-state index contributed by atoms with van der Waals surface area (Å²) in [5.74, 6) is 0.147. The Bertz CT molecular complexity index is 241. The third-order valence-electron chi connectivity index (χ3n) is 1.06. The molecular weight excluding hydrogens is 134 g/mol. The molecule has 0 saturated carbocycles. The normalized spacial score (nSPS) is 9.80. The molecule has 4 heteroatoms. The average molecular weight is 141 g/mol. The summed E-state index contributed by atoms with van der Waals surface area (Å²) in [6.45, 7) is 1.16. The minimum Gasteiger partial charge on any atom is -0.388 e. The average Bonchev–Trinajstić information content (AvgIpc) is 2.34. The lowest BCUT2D eigenvalue weighted by Crippen LogP contribution is -2.03. The first-order chi connectivity index (χ1) is 4.74. The van der Waals surface area contributed by atoms with Crippen molar-refractivity contribution in [2.24, 2.45) is 0 Å². The molecule has 1 aromatic rings. The van der Waals surface area contributed by atoms with E-state index in [9.17, 15) is 4.79 Å². The molecule has 0 fully saturated rings. The molecule has 0 aromatic carbocycles. The van der Waals surface area contributed by atoms with Gasteiger partial charge in [0.1, 0.15) is 12.4 Å². The first-order valence-electron chi connectivity index (χ1n) is 2.81. The molecule has 0 amide bonds. The lowest BCUT2D eigenvalue weighted by Gasteiger charge is -1.83. The van der Waals surface area contributed by atoms with Crippen molar-refractivity contribution in [1.82, 2.24) is 5.16 Å². The Labute approximate surface area is 57.4 Å². The van der Waals surface area contributed by atoms with Crippen LogP contribution in [-0.2, 0) is 0 Å². The summed E-state index contributed by atoms with van der Waals surface area (Å²) < 4.78 is 4.61. The molecule has 1 aromatic heterocycles. The van der Waals surface area contributed by atoms with Gasteiger partial charge in [-0.2, -0.15) is 0 Å². The number of hydrogen-bond donors (Lipinski definition) is 1. The van der Waals surface area contributed by atoms with Crippen LogP contribution in [0.4, 0.5) is 0 Å².